The second-order valence-electron chi connectivity index (χ2n) is 7.40. The fourth-order valence-corrected chi connectivity index (χ4v) is 3.41. The van der Waals surface area contributed by atoms with E-state index in [9.17, 15) is 4.79 Å². The Kier molecular flexibility index (Phi) is 7.57. The number of hydrogen-bond acceptors (Lipinski definition) is 6. The Bertz CT molecular complexity index is 1070. The maximum atomic E-state index is 13.1. The molecular formula is C23H25ClN4O3. The summed E-state index contributed by atoms with van der Waals surface area (Å²) in [6.45, 7) is 5.99. The Morgan fingerprint density at radius 1 is 1.13 bits per heavy atom. The van der Waals surface area contributed by atoms with E-state index in [0.717, 1.165) is 11.1 Å². The van der Waals surface area contributed by atoms with Gasteiger partial charge < -0.3 is 14.9 Å². The summed E-state index contributed by atoms with van der Waals surface area (Å²) < 4.78 is 5.78. The average molecular weight is 441 g/mol. The van der Waals surface area contributed by atoms with Crippen LogP contribution in [0.15, 0.2) is 48.5 Å². The number of ether oxygens (including phenoxy) is 1. The van der Waals surface area contributed by atoms with Gasteiger partial charge in [-0.3, -0.25) is 4.79 Å². The smallest absolute Gasteiger partial charge is 0.257 e. The third-order valence-corrected chi connectivity index (χ3v) is 4.97. The molecule has 2 aromatic carbocycles. The van der Waals surface area contributed by atoms with Gasteiger partial charge in [-0.2, -0.15) is 5.10 Å². The van der Waals surface area contributed by atoms with Gasteiger partial charge in [0.15, 0.2) is 0 Å². The van der Waals surface area contributed by atoms with E-state index in [2.05, 4.69) is 21.6 Å². The van der Waals surface area contributed by atoms with Crippen LogP contribution in [0.4, 0.5) is 0 Å². The van der Waals surface area contributed by atoms with Gasteiger partial charge in [-0.15, -0.1) is 5.10 Å². The summed E-state index contributed by atoms with van der Waals surface area (Å²) in [7, 11) is 0. The van der Waals surface area contributed by atoms with Crippen LogP contribution >= 0.6 is 11.6 Å². The van der Waals surface area contributed by atoms with Crippen molar-refractivity contribution in [2.24, 2.45) is 5.90 Å². The molecule has 0 saturated heterocycles. The van der Waals surface area contributed by atoms with Crippen LogP contribution in [0.2, 0.25) is 5.02 Å². The topological polar surface area (TPSA) is 99.4 Å². The summed E-state index contributed by atoms with van der Waals surface area (Å²) in [5, 5.41) is 11.5. The molecule has 1 unspecified atom stereocenters. The SMILES string of the molecule is Cc1ccc(CC(CON)NC(=O)c2cc(C)nnc2Oc2cccc(Cl)c2)c(C)c1. The lowest BCUT2D eigenvalue weighted by Gasteiger charge is -2.20. The van der Waals surface area contributed by atoms with Crippen LogP contribution in [0.1, 0.15) is 32.7 Å². The average Bonchev–Trinajstić information content (AvgIpc) is 2.71. The molecule has 0 aliphatic carbocycles. The monoisotopic (exact) mass is 440 g/mol. The van der Waals surface area contributed by atoms with E-state index >= 15 is 0 Å². The molecule has 0 fully saturated rings. The van der Waals surface area contributed by atoms with Gasteiger partial charge in [0.25, 0.3) is 11.8 Å². The highest BCUT2D eigenvalue weighted by Gasteiger charge is 2.21. The number of amides is 1. The van der Waals surface area contributed by atoms with Crippen molar-refractivity contribution in [3.05, 3.63) is 81.5 Å². The minimum atomic E-state index is -0.359. The van der Waals surface area contributed by atoms with E-state index in [1.165, 1.54) is 5.56 Å². The Balaban J connectivity index is 1.82. The number of nitrogens with two attached hydrogens (primary N) is 1. The third-order valence-electron chi connectivity index (χ3n) is 4.73. The van der Waals surface area contributed by atoms with E-state index in [1.807, 2.05) is 26.0 Å². The molecule has 0 bridgehead atoms. The van der Waals surface area contributed by atoms with Crippen molar-refractivity contribution >= 4 is 17.5 Å². The molecule has 162 valence electrons. The summed E-state index contributed by atoms with van der Waals surface area (Å²) in [4.78, 5) is 18.0. The normalized spacial score (nSPS) is 11.8. The summed E-state index contributed by atoms with van der Waals surface area (Å²) in [5.41, 5.74) is 4.27. The Hall–Kier alpha value is -3.00. The highest BCUT2D eigenvalue weighted by Crippen LogP contribution is 2.25. The van der Waals surface area contributed by atoms with Gasteiger partial charge in [-0.1, -0.05) is 41.4 Å². The van der Waals surface area contributed by atoms with Gasteiger partial charge in [-0.05, 0) is 62.6 Å². The minimum Gasteiger partial charge on any atom is -0.437 e. The number of halogens is 1. The molecule has 0 radical (unpaired) electrons. The fourth-order valence-electron chi connectivity index (χ4n) is 3.23. The van der Waals surface area contributed by atoms with E-state index in [1.54, 1.807) is 37.3 Å². The van der Waals surface area contributed by atoms with E-state index < -0.39 is 0 Å². The molecule has 0 aliphatic heterocycles. The van der Waals surface area contributed by atoms with Crippen LogP contribution in [-0.4, -0.2) is 28.8 Å². The van der Waals surface area contributed by atoms with Crippen LogP contribution in [0, 0.1) is 20.8 Å². The highest BCUT2D eigenvalue weighted by molar-refractivity contribution is 6.30. The first kappa shape index (κ1) is 22.7. The van der Waals surface area contributed by atoms with Gasteiger partial charge in [0.2, 0.25) is 0 Å². The zero-order valence-corrected chi connectivity index (χ0v) is 18.4. The first-order chi connectivity index (χ1) is 14.9. The number of carbonyl (C=O) groups is 1. The first-order valence-electron chi connectivity index (χ1n) is 9.82. The van der Waals surface area contributed by atoms with Crippen molar-refractivity contribution in [3.8, 4) is 11.6 Å². The van der Waals surface area contributed by atoms with Crippen LogP contribution in [0.25, 0.3) is 0 Å². The van der Waals surface area contributed by atoms with Gasteiger partial charge in [-0.25, -0.2) is 5.90 Å². The van der Waals surface area contributed by atoms with Crippen molar-refractivity contribution in [2.45, 2.75) is 33.2 Å². The summed E-state index contributed by atoms with van der Waals surface area (Å²) >= 11 is 6.02. The van der Waals surface area contributed by atoms with Gasteiger partial charge >= 0.3 is 0 Å². The molecule has 0 spiro atoms. The van der Waals surface area contributed by atoms with Crippen LogP contribution in [0.3, 0.4) is 0 Å². The lowest BCUT2D eigenvalue weighted by molar-refractivity contribution is 0.0837. The van der Waals surface area contributed by atoms with Crippen molar-refractivity contribution in [1.82, 2.24) is 15.5 Å². The fraction of sp³-hybridized carbons (Fsp3) is 0.261. The van der Waals surface area contributed by atoms with E-state index in [4.69, 9.17) is 27.1 Å². The number of nitrogens with zero attached hydrogens (tertiary/aromatic N) is 2. The van der Waals surface area contributed by atoms with Crippen LogP contribution in [0.5, 0.6) is 11.6 Å². The molecule has 7 nitrogen and oxygen atoms in total. The molecule has 1 atom stereocenters. The number of aryl methyl sites for hydroxylation is 3. The number of rotatable bonds is 8. The highest BCUT2D eigenvalue weighted by atomic mass is 35.5. The number of hydrogen-bond donors (Lipinski definition) is 2. The quantitative estimate of drug-likeness (QED) is 0.512. The van der Waals surface area contributed by atoms with Gasteiger partial charge in [0.05, 0.1) is 18.3 Å². The third kappa shape index (κ3) is 6.24. The maximum Gasteiger partial charge on any atom is 0.257 e. The number of carbonyl (C=O) groups excluding carboxylic acids is 1. The lowest BCUT2D eigenvalue weighted by atomic mass is 9.99. The molecule has 0 saturated carbocycles. The molecule has 3 aromatic rings. The summed E-state index contributed by atoms with van der Waals surface area (Å²) in [6, 6.07) is 14.3. The molecular weight excluding hydrogens is 416 g/mol. The second kappa shape index (κ2) is 10.3. The number of nitrogens with one attached hydrogen (secondary N) is 1. The maximum absolute atomic E-state index is 13.1. The molecule has 0 aliphatic rings. The standard InChI is InChI=1S/C23H25ClN4O3/c1-14-7-8-17(15(2)9-14)11-19(13-30-25)26-22(29)21-10-16(3)27-28-23(21)31-20-6-4-5-18(24)12-20/h4-10,12,19H,11,13,25H2,1-3H3,(H,26,29). The predicted octanol–water partition coefficient (Wildman–Crippen LogP) is 4.08. The second-order valence-corrected chi connectivity index (χ2v) is 7.84. The van der Waals surface area contributed by atoms with Gasteiger partial charge in [0.1, 0.15) is 11.3 Å². The molecule has 1 amide bonds. The summed E-state index contributed by atoms with van der Waals surface area (Å²) in [5.74, 6) is 5.50. The van der Waals surface area contributed by atoms with Crippen molar-refractivity contribution in [1.29, 1.82) is 0 Å². The van der Waals surface area contributed by atoms with Crippen LogP contribution < -0.4 is 16.0 Å². The molecule has 8 heteroatoms. The molecule has 3 N–H and O–H groups in total. The van der Waals surface area contributed by atoms with E-state index in [-0.39, 0.29) is 30.0 Å². The van der Waals surface area contributed by atoms with Gasteiger partial charge in [0, 0.05) is 5.02 Å². The predicted molar refractivity (Wildman–Crippen MR) is 119 cm³/mol. The zero-order valence-electron chi connectivity index (χ0n) is 17.7. The Morgan fingerprint density at radius 2 is 1.94 bits per heavy atom. The molecule has 3 rings (SSSR count). The summed E-state index contributed by atoms with van der Waals surface area (Å²) in [6.07, 6.45) is 0.566. The minimum absolute atomic E-state index is 0.0873. The van der Waals surface area contributed by atoms with Crippen molar-refractivity contribution in [3.63, 3.8) is 0 Å². The van der Waals surface area contributed by atoms with Crippen LogP contribution in [-0.2, 0) is 11.3 Å². The Morgan fingerprint density at radius 3 is 2.65 bits per heavy atom. The molecule has 31 heavy (non-hydrogen) atoms. The number of benzene rings is 2. The zero-order chi connectivity index (χ0) is 22.4. The van der Waals surface area contributed by atoms with Crippen molar-refractivity contribution < 1.29 is 14.4 Å². The number of aromatic nitrogens is 2. The molecule has 1 heterocycles. The largest absolute Gasteiger partial charge is 0.437 e. The Labute approximate surface area is 186 Å². The van der Waals surface area contributed by atoms with Crippen molar-refractivity contribution in [2.75, 3.05) is 6.61 Å². The first-order valence-corrected chi connectivity index (χ1v) is 10.2. The van der Waals surface area contributed by atoms with E-state index in [0.29, 0.717) is 22.9 Å². The lowest BCUT2D eigenvalue weighted by Crippen LogP contribution is -2.41. The molecule has 1 aromatic heterocycles.